The van der Waals surface area contributed by atoms with Gasteiger partial charge < -0.3 is 10.7 Å². The number of fused-ring (bicyclic) bond motifs is 1. The van der Waals surface area contributed by atoms with E-state index in [2.05, 4.69) is 33.6 Å². The Balaban J connectivity index is 2.90. The van der Waals surface area contributed by atoms with E-state index in [1.165, 1.54) is 5.39 Å². The summed E-state index contributed by atoms with van der Waals surface area (Å²) in [5.41, 5.74) is 7.58. The maximum absolute atomic E-state index is 5.73. The minimum Gasteiger partial charge on any atom is -0.397 e. The van der Waals surface area contributed by atoms with Crippen molar-refractivity contribution in [1.29, 1.82) is 0 Å². The van der Waals surface area contributed by atoms with Crippen LogP contribution in [0.1, 0.15) is 0 Å². The summed E-state index contributed by atoms with van der Waals surface area (Å²) in [5, 5.41) is 1.18. The number of benzene rings is 1. The summed E-state index contributed by atoms with van der Waals surface area (Å²) >= 11 is 2.24. The number of rotatable bonds is 0. The number of hydrogen-bond donors (Lipinski definition) is 2. The van der Waals surface area contributed by atoms with Crippen LogP contribution < -0.4 is 5.73 Å². The molecule has 0 aliphatic rings. The van der Waals surface area contributed by atoms with E-state index in [0.717, 1.165) is 14.9 Å². The summed E-state index contributed by atoms with van der Waals surface area (Å²) in [5.74, 6) is 0. The third-order valence-corrected chi connectivity index (χ3v) is 2.24. The lowest BCUT2D eigenvalue weighted by atomic mass is 10.2. The number of hydrogen-bond acceptors (Lipinski definition) is 1. The quantitative estimate of drug-likeness (QED) is 0.552. The van der Waals surface area contributed by atoms with Gasteiger partial charge in [-0.25, -0.2) is 0 Å². The van der Waals surface area contributed by atoms with E-state index in [9.17, 15) is 0 Å². The van der Waals surface area contributed by atoms with Gasteiger partial charge in [0.15, 0.2) is 0 Å². The van der Waals surface area contributed by atoms with Crippen molar-refractivity contribution in [2.75, 3.05) is 5.73 Å². The fourth-order valence-electron chi connectivity index (χ4n) is 1.15. The summed E-state index contributed by atoms with van der Waals surface area (Å²) in [7, 11) is 0. The topological polar surface area (TPSA) is 41.8 Å². The molecule has 0 bridgehead atoms. The van der Waals surface area contributed by atoms with E-state index in [0.29, 0.717) is 0 Å². The highest BCUT2D eigenvalue weighted by Gasteiger charge is 1.99. The summed E-state index contributed by atoms with van der Waals surface area (Å²) in [6, 6.07) is 7.98. The number of anilines is 1. The first-order valence-electron chi connectivity index (χ1n) is 3.30. The minimum atomic E-state index is 0.811. The Morgan fingerprint density at radius 2 is 2.18 bits per heavy atom. The van der Waals surface area contributed by atoms with Crippen molar-refractivity contribution in [3.05, 3.63) is 28.0 Å². The Bertz CT molecular complexity index is 392. The molecule has 0 spiro atoms. The molecule has 56 valence electrons. The van der Waals surface area contributed by atoms with Crippen molar-refractivity contribution in [3.8, 4) is 0 Å². The van der Waals surface area contributed by atoms with Gasteiger partial charge in [-0.05, 0) is 34.7 Å². The Labute approximate surface area is 77.9 Å². The molecular weight excluding hydrogens is 251 g/mol. The standard InChI is InChI=1S/C8H7IN2/c9-7-4-5-2-1-3-6(10)8(5)11-7/h1-4,11H,10H2. The van der Waals surface area contributed by atoms with Gasteiger partial charge in [-0.1, -0.05) is 12.1 Å². The number of nitrogens with one attached hydrogen (secondary N) is 1. The molecule has 11 heavy (non-hydrogen) atoms. The molecule has 0 aliphatic heterocycles. The molecule has 2 nitrogen and oxygen atoms in total. The first-order valence-corrected chi connectivity index (χ1v) is 4.38. The SMILES string of the molecule is Nc1cccc2cc(I)[nH]c12. The summed E-state index contributed by atoms with van der Waals surface area (Å²) in [6.07, 6.45) is 0. The van der Waals surface area contributed by atoms with Gasteiger partial charge in [0.05, 0.1) is 14.9 Å². The van der Waals surface area contributed by atoms with Crippen molar-refractivity contribution in [3.63, 3.8) is 0 Å². The molecule has 2 aromatic rings. The lowest BCUT2D eigenvalue weighted by Gasteiger charge is -1.92. The van der Waals surface area contributed by atoms with Crippen LogP contribution in [-0.4, -0.2) is 4.98 Å². The van der Waals surface area contributed by atoms with Crippen LogP contribution in [0.2, 0.25) is 0 Å². The molecule has 1 aromatic carbocycles. The average molecular weight is 258 g/mol. The number of para-hydroxylation sites is 1. The number of halogens is 1. The third kappa shape index (κ3) is 1.09. The Hall–Kier alpha value is -0.710. The maximum Gasteiger partial charge on any atom is 0.0783 e. The monoisotopic (exact) mass is 258 g/mol. The first kappa shape index (κ1) is 6.97. The maximum atomic E-state index is 5.73. The van der Waals surface area contributed by atoms with Crippen LogP contribution >= 0.6 is 22.6 Å². The van der Waals surface area contributed by atoms with Gasteiger partial charge in [-0.3, -0.25) is 0 Å². The zero-order chi connectivity index (χ0) is 7.84. The molecule has 0 saturated carbocycles. The highest BCUT2D eigenvalue weighted by Crippen LogP contribution is 2.21. The number of aromatic amines is 1. The molecule has 0 unspecified atom stereocenters. The Kier molecular flexibility index (Phi) is 1.52. The molecule has 3 N–H and O–H groups in total. The Morgan fingerprint density at radius 3 is 2.91 bits per heavy atom. The van der Waals surface area contributed by atoms with Crippen LogP contribution in [-0.2, 0) is 0 Å². The van der Waals surface area contributed by atoms with Crippen molar-refractivity contribution in [2.24, 2.45) is 0 Å². The molecule has 0 atom stereocenters. The second kappa shape index (κ2) is 2.41. The molecular formula is C8H7IN2. The van der Waals surface area contributed by atoms with E-state index in [1.54, 1.807) is 0 Å². The highest BCUT2D eigenvalue weighted by atomic mass is 127. The smallest absolute Gasteiger partial charge is 0.0783 e. The van der Waals surface area contributed by atoms with Crippen LogP contribution in [0.15, 0.2) is 24.3 Å². The fourth-order valence-corrected chi connectivity index (χ4v) is 1.75. The van der Waals surface area contributed by atoms with Gasteiger partial charge in [0.2, 0.25) is 0 Å². The van der Waals surface area contributed by atoms with Gasteiger partial charge in [0.25, 0.3) is 0 Å². The van der Waals surface area contributed by atoms with E-state index in [-0.39, 0.29) is 0 Å². The normalized spacial score (nSPS) is 10.6. The van der Waals surface area contributed by atoms with Crippen LogP contribution in [0, 0.1) is 3.70 Å². The lowest BCUT2D eigenvalue weighted by molar-refractivity contribution is 1.41. The van der Waals surface area contributed by atoms with Crippen LogP contribution in [0.3, 0.4) is 0 Å². The molecule has 1 aromatic heterocycles. The number of nitrogen functional groups attached to an aromatic ring is 1. The molecule has 0 saturated heterocycles. The summed E-state index contributed by atoms with van der Waals surface area (Å²) < 4.78 is 1.12. The zero-order valence-corrected chi connectivity index (χ0v) is 7.92. The lowest BCUT2D eigenvalue weighted by Crippen LogP contribution is -1.84. The van der Waals surface area contributed by atoms with Gasteiger partial charge >= 0.3 is 0 Å². The number of nitrogens with two attached hydrogens (primary N) is 1. The number of aromatic nitrogens is 1. The van der Waals surface area contributed by atoms with Gasteiger partial charge in [0, 0.05) is 5.39 Å². The summed E-state index contributed by atoms with van der Waals surface area (Å²) in [6.45, 7) is 0. The van der Waals surface area contributed by atoms with E-state index < -0.39 is 0 Å². The predicted molar refractivity (Wildman–Crippen MR) is 55.4 cm³/mol. The largest absolute Gasteiger partial charge is 0.397 e. The highest BCUT2D eigenvalue weighted by molar-refractivity contribution is 14.1. The van der Waals surface area contributed by atoms with Crippen LogP contribution in [0.4, 0.5) is 5.69 Å². The molecule has 3 heteroatoms. The van der Waals surface area contributed by atoms with Gasteiger partial charge in [-0.15, -0.1) is 0 Å². The van der Waals surface area contributed by atoms with Crippen molar-refractivity contribution in [2.45, 2.75) is 0 Å². The van der Waals surface area contributed by atoms with Crippen LogP contribution in [0.5, 0.6) is 0 Å². The van der Waals surface area contributed by atoms with Gasteiger partial charge in [0.1, 0.15) is 0 Å². The Morgan fingerprint density at radius 1 is 1.36 bits per heavy atom. The molecule has 0 fully saturated rings. The molecule has 0 aliphatic carbocycles. The average Bonchev–Trinajstić information content (AvgIpc) is 2.31. The van der Waals surface area contributed by atoms with Crippen molar-refractivity contribution < 1.29 is 0 Å². The third-order valence-electron chi connectivity index (χ3n) is 1.66. The van der Waals surface area contributed by atoms with Crippen LogP contribution in [0.25, 0.3) is 10.9 Å². The van der Waals surface area contributed by atoms with E-state index in [1.807, 2.05) is 18.2 Å². The fraction of sp³-hybridized carbons (Fsp3) is 0. The number of H-pyrrole nitrogens is 1. The second-order valence-corrected chi connectivity index (χ2v) is 3.59. The van der Waals surface area contributed by atoms with Gasteiger partial charge in [-0.2, -0.15) is 0 Å². The molecule has 1 heterocycles. The molecule has 0 amide bonds. The van der Waals surface area contributed by atoms with E-state index >= 15 is 0 Å². The first-order chi connectivity index (χ1) is 5.27. The minimum absolute atomic E-state index is 0.811. The zero-order valence-electron chi connectivity index (χ0n) is 5.76. The second-order valence-electron chi connectivity index (χ2n) is 2.43. The molecule has 0 radical (unpaired) electrons. The van der Waals surface area contributed by atoms with Crippen molar-refractivity contribution >= 4 is 39.2 Å². The predicted octanol–water partition coefficient (Wildman–Crippen LogP) is 2.35. The summed E-state index contributed by atoms with van der Waals surface area (Å²) in [4.78, 5) is 3.19. The molecule has 2 rings (SSSR count). The van der Waals surface area contributed by atoms with Crippen molar-refractivity contribution in [1.82, 2.24) is 4.98 Å². The van der Waals surface area contributed by atoms with E-state index in [4.69, 9.17) is 5.73 Å².